The van der Waals surface area contributed by atoms with Crippen molar-refractivity contribution in [1.82, 2.24) is 5.32 Å². The molecule has 0 spiro atoms. The summed E-state index contributed by atoms with van der Waals surface area (Å²) in [6, 6.07) is 3.87. The van der Waals surface area contributed by atoms with Crippen LogP contribution in [0.15, 0.2) is 18.2 Å². The summed E-state index contributed by atoms with van der Waals surface area (Å²) in [5.41, 5.74) is 6.26. The predicted octanol–water partition coefficient (Wildman–Crippen LogP) is 1.82. The fraction of sp³-hybridized carbons (Fsp3) is 0.455. The first-order valence-corrected chi connectivity index (χ1v) is 4.92. The van der Waals surface area contributed by atoms with Crippen LogP contribution in [0.4, 0.5) is 8.78 Å². The van der Waals surface area contributed by atoms with E-state index in [1.54, 1.807) is 13.1 Å². The van der Waals surface area contributed by atoms with Crippen molar-refractivity contribution >= 4 is 0 Å². The molecule has 2 atom stereocenters. The lowest BCUT2D eigenvalue weighted by Crippen LogP contribution is -2.28. The van der Waals surface area contributed by atoms with E-state index in [2.05, 4.69) is 5.32 Å². The Kier molecular flexibility index (Phi) is 4.17. The van der Waals surface area contributed by atoms with Gasteiger partial charge in [-0.2, -0.15) is 0 Å². The Balaban J connectivity index is 2.97. The van der Waals surface area contributed by atoms with E-state index in [1.807, 2.05) is 6.92 Å². The lowest BCUT2D eigenvalue weighted by Gasteiger charge is -2.22. The highest BCUT2D eigenvalue weighted by Gasteiger charge is 2.17. The molecule has 4 heteroatoms. The molecule has 0 saturated heterocycles. The molecule has 0 radical (unpaired) electrons. The minimum Gasteiger partial charge on any atom is -0.330 e. The highest BCUT2D eigenvalue weighted by molar-refractivity contribution is 5.21. The molecule has 1 aromatic rings. The van der Waals surface area contributed by atoms with Gasteiger partial charge in [-0.25, -0.2) is 8.78 Å². The van der Waals surface area contributed by atoms with E-state index in [0.29, 0.717) is 12.1 Å². The summed E-state index contributed by atoms with van der Waals surface area (Å²) in [6.45, 7) is 2.45. The average molecular weight is 214 g/mol. The van der Waals surface area contributed by atoms with E-state index in [9.17, 15) is 8.78 Å². The zero-order valence-electron chi connectivity index (χ0n) is 8.93. The number of hydrogen-bond acceptors (Lipinski definition) is 2. The van der Waals surface area contributed by atoms with Gasteiger partial charge in [0.15, 0.2) is 11.6 Å². The molecule has 1 rings (SSSR count). The normalized spacial score (nSPS) is 15.0. The molecular formula is C11H16F2N2. The second kappa shape index (κ2) is 5.19. The first kappa shape index (κ1) is 12.1. The lowest BCUT2D eigenvalue weighted by molar-refractivity contribution is 0.415. The fourth-order valence-electron chi connectivity index (χ4n) is 1.62. The molecule has 0 bridgehead atoms. The summed E-state index contributed by atoms with van der Waals surface area (Å²) in [5, 5.41) is 3.05. The zero-order chi connectivity index (χ0) is 11.4. The number of halogens is 2. The minimum absolute atomic E-state index is 0.0508. The summed E-state index contributed by atoms with van der Waals surface area (Å²) < 4.78 is 25.7. The second-order valence-electron chi connectivity index (χ2n) is 3.65. The number of rotatable bonds is 4. The first-order valence-electron chi connectivity index (χ1n) is 4.92. The van der Waals surface area contributed by atoms with E-state index >= 15 is 0 Å². The second-order valence-corrected chi connectivity index (χ2v) is 3.65. The first-order chi connectivity index (χ1) is 7.10. The molecule has 1 aromatic carbocycles. The van der Waals surface area contributed by atoms with Gasteiger partial charge in [-0.3, -0.25) is 0 Å². The molecule has 0 amide bonds. The summed E-state index contributed by atoms with van der Waals surface area (Å²) in [7, 11) is 1.78. The van der Waals surface area contributed by atoms with E-state index in [1.165, 1.54) is 6.07 Å². The Bertz CT molecular complexity index is 328. The molecule has 2 unspecified atom stereocenters. The highest BCUT2D eigenvalue weighted by atomic mass is 19.2. The van der Waals surface area contributed by atoms with Gasteiger partial charge in [0.25, 0.3) is 0 Å². The van der Waals surface area contributed by atoms with Gasteiger partial charge in [0.1, 0.15) is 0 Å². The van der Waals surface area contributed by atoms with Crippen molar-refractivity contribution < 1.29 is 8.78 Å². The molecule has 3 N–H and O–H groups in total. The molecule has 0 heterocycles. The Morgan fingerprint density at radius 2 is 2.00 bits per heavy atom. The summed E-state index contributed by atoms with van der Waals surface area (Å²) >= 11 is 0. The van der Waals surface area contributed by atoms with Crippen LogP contribution in [0, 0.1) is 17.6 Å². The van der Waals surface area contributed by atoms with Gasteiger partial charge in [-0.05, 0) is 37.2 Å². The molecule has 0 aromatic heterocycles. The van der Waals surface area contributed by atoms with Gasteiger partial charge in [-0.15, -0.1) is 0 Å². The quantitative estimate of drug-likeness (QED) is 0.802. The van der Waals surface area contributed by atoms with Gasteiger partial charge >= 0.3 is 0 Å². The van der Waals surface area contributed by atoms with Crippen LogP contribution in [0.1, 0.15) is 18.5 Å². The van der Waals surface area contributed by atoms with Crippen molar-refractivity contribution in [1.29, 1.82) is 0 Å². The third-order valence-corrected chi connectivity index (χ3v) is 2.55. The maximum Gasteiger partial charge on any atom is 0.159 e. The number of benzene rings is 1. The van der Waals surface area contributed by atoms with E-state index in [4.69, 9.17) is 5.73 Å². The third-order valence-electron chi connectivity index (χ3n) is 2.55. The highest BCUT2D eigenvalue weighted by Crippen LogP contribution is 2.22. The predicted molar refractivity (Wildman–Crippen MR) is 56.4 cm³/mol. The molecule has 15 heavy (non-hydrogen) atoms. The maximum atomic E-state index is 13.0. The molecule has 0 saturated carbocycles. The van der Waals surface area contributed by atoms with Crippen molar-refractivity contribution in [2.24, 2.45) is 11.7 Å². The minimum atomic E-state index is -0.825. The van der Waals surface area contributed by atoms with Gasteiger partial charge in [0, 0.05) is 6.04 Å². The maximum absolute atomic E-state index is 13.0. The Morgan fingerprint density at radius 3 is 2.47 bits per heavy atom. The molecule has 0 aliphatic heterocycles. The number of nitrogens with one attached hydrogen (secondary N) is 1. The summed E-state index contributed by atoms with van der Waals surface area (Å²) in [5.74, 6) is -1.48. The SMILES string of the molecule is CNC(c1ccc(F)c(F)c1)C(C)CN. The third kappa shape index (κ3) is 2.73. The number of hydrogen-bond donors (Lipinski definition) is 2. The van der Waals surface area contributed by atoms with Crippen molar-refractivity contribution in [3.63, 3.8) is 0 Å². The zero-order valence-corrected chi connectivity index (χ0v) is 8.93. The molecular weight excluding hydrogens is 198 g/mol. The fourth-order valence-corrected chi connectivity index (χ4v) is 1.62. The average Bonchev–Trinajstić information content (AvgIpc) is 2.24. The van der Waals surface area contributed by atoms with Crippen LogP contribution in [0.3, 0.4) is 0 Å². The Hall–Kier alpha value is -1.00. The van der Waals surface area contributed by atoms with Crippen LogP contribution in [0.2, 0.25) is 0 Å². The Labute approximate surface area is 88.5 Å². The van der Waals surface area contributed by atoms with Crippen LogP contribution in [-0.4, -0.2) is 13.6 Å². The van der Waals surface area contributed by atoms with Crippen LogP contribution in [-0.2, 0) is 0 Å². The van der Waals surface area contributed by atoms with Gasteiger partial charge < -0.3 is 11.1 Å². The van der Waals surface area contributed by atoms with Gasteiger partial charge in [-0.1, -0.05) is 13.0 Å². The van der Waals surface area contributed by atoms with Crippen molar-refractivity contribution in [2.75, 3.05) is 13.6 Å². The van der Waals surface area contributed by atoms with Crippen LogP contribution in [0.25, 0.3) is 0 Å². The van der Waals surface area contributed by atoms with E-state index in [-0.39, 0.29) is 12.0 Å². The summed E-state index contributed by atoms with van der Waals surface area (Å²) in [6.07, 6.45) is 0. The van der Waals surface area contributed by atoms with Gasteiger partial charge in [0.05, 0.1) is 0 Å². The Morgan fingerprint density at radius 1 is 1.33 bits per heavy atom. The van der Waals surface area contributed by atoms with Crippen LogP contribution in [0.5, 0.6) is 0 Å². The smallest absolute Gasteiger partial charge is 0.159 e. The van der Waals surface area contributed by atoms with Crippen molar-refractivity contribution in [2.45, 2.75) is 13.0 Å². The number of nitrogens with two attached hydrogens (primary N) is 1. The van der Waals surface area contributed by atoms with E-state index < -0.39 is 11.6 Å². The van der Waals surface area contributed by atoms with Crippen molar-refractivity contribution in [3.05, 3.63) is 35.4 Å². The van der Waals surface area contributed by atoms with Gasteiger partial charge in [0.2, 0.25) is 0 Å². The monoisotopic (exact) mass is 214 g/mol. The molecule has 84 valence electrons. The molecule has 0 aliphatic rings. The van der Waals surface area contributed by atoms with Crippen LogP contribution < -0.4 is 11.1 Å². The standard InChI is InChI=1S/C11H16F2N2/c1-7(6-14)11(15-2)8-3-4-9(12)10(13)5-8/h3-5,7,11,15H,6,14H2,1-2H3. The topological polar surface area (TPSA) is 38.0 Å². The summed E-state index contributed by atoms with van der Waals surface area (Å²) in [4.78, 5) is 0. The largest absolute Gasteiger partial charge is 0.330 e. The molecule has 2 nitrogen and oxygen atoms in total. The van der Waals surface area contributed by atoms with Crippen LogP contribution >= 0.6 is 0 Å². The van der Waals surface area contributed by atoms with Crippen molar-refractivity contribution in [3.8, 4) is 0 Å². The van der Waals surface area contributed by atoms with E-state index in [0.717, 1.165) is 6.07 Å². The molecule has 0 fully saturated rings. The lowest BCUT2D eigenvalue weighted by atomic mass is 9.94. The molecule has 0 aliphatic carbocycles.